The topological polar surface area (TPSA) is 46.0 Å². The van der Waals surface area contributed by atoms with Crippen LogP contribution in [0.5, 0.6) is 5.75 Å². The molecule has 0 saturated heterocycles. The van der Waals surface area contributed by atoms with Crippen LogP contribution in [0.4, 0.5) is 4.39 Å². The molecule has 3 rings (SSSR count). The van der Waals surface area contributed by atoms with E-state index in [0.717, 1.165) is 22.1 Å². The van der Waals surface area contributed by atoms with Gasteiger partial charge in [0.15, 0.2) is 0 Å². The molecule has 0 amide bonds. The summed E-state index contributed by atoms with van der Waals surface area (Å²) >= 11 is 1.31. The first kappa shape index (κ1) is 20.0. The smallest absolute Gasteiger partial charge is 0.214 e. The van der Waals surface area contributed by atoms with E-state index in [1.54, 1.807) is 12.1 Å². The van der Waals surface area contributed by atoms with Gasteiger partial charge in [0, 0.05) is 5.56 Å². The summed E-state index contributed by atoms with van der Waals surface area (Å²) in [4.78, 5) is 8.72. The fourth-order valence-corrected chi connectivity index (χ4v) is 2.58. The van der Waals surface area contributed by atoms with E-state index in [4.69, 9.17) is 0 Å². The molecule has 130 valence electrons. The van der Waals surface area contributed by atoms with Crippen molar-refractivity contribution in [1.29, 1.82) is 0 Å². The van der Waals surface area contributed by atoms with Gasteiger partial charge in [-0.25, -0.2) is 9.97 Å². The van der Waals surface area contributed by atoms with E-state index in [1.807, 2.05) is 32.9 Å². The summed E-state index contributed by atoms with van der Waals surface area (Å²) in [6.07, 6.45) is 0. The molecule has 0 aliphatic rings. The fourth-order valence-electron chi connectivity index (χ4n) is 1.66. The summed E-state index contributed by atoms with van der Waals surface area (Å²) in [6, 6.07) is 8.25. The lowest BCUT2D eigenvalue weighted by Crippen LogP contribution is -1.80. The predicted molar refractivity (Wildman–Crippen MR) is 101 cm³/mol. The number of hydrogen-bond donors (Lipinski definition) is 1. The van der Waals surface area contributed by atoms with E-state index in [0.29, 0.717) is 10.3 Å². The number of phenols is 1. The van der Waals surface area contributed by atoms with E-state index >= 15 is 0 Å². The summed E-state index contributed by atoms with van der Waals surface area (Å²) in [6.45, 7) is 12.3. The number of thiazole rings is 1. The zero-order valence-corrected chi connectivity index (χ0v) is 15.9. The van der Waals surface area contributed by atoms with Gasteiger partial charge < -0.3 is 5.11 Å². The maximum Gasteiger partial charge on any atom is 0.214 e. The Hall–Kier alpha value is -2.01. The largest absolute Gasteiger partial charge is 0.508 e. The van der Waals surface area contributed by atoms with Crippen molar-refractivity contribution in [3.8, 4) is 16.3 Å². The molecule has 0 fully saturated rings. The maximum absolute atomic E-state index is 13.0. The second kappa shape index (κ2) is 9.33. The standard InChI is InChI=1S/C13H9FN2OS.C4H10.C2H6/c1-7-2-3-8(6-10(7)17)12-15-9-4-5-11(14)16-13(9)18-12;1-4(2)3;1-2/h2-6,17H,1H3;4H,1-3H3;1-2H3. The van der Waals surface area contributed by atoms with E-state index in [9.17, 15) is 9.50 Å². The van der Waals surface area contributed by atoms with Crippen molar-refractivity contribution in [1.82, 2.24) is 9.97 Å². The second-order valence-corrected chi connectivity index (χ2v) is 6.69. The molecule has 1 N–H and O–H groups in total. The molecule has 0 bridgehead atoms. The number of aromatic hydroxyl groups is 1. The molecule has 0 unspecified atom stereocenters. The number of benzene rings is 1. The summed E-state index contributed by atoms with van der Waals surface area (Å²) in [5.74, 6) is 0.551. The molecular weight excluding hydrogens is 323 g/mol. The first-order chi connectivity index (χ1) is 11.4. The van der Waals surface area contributed by atoms with Gasteiger partial charge in [0.1, 0.15) is 21.1 Å². The van der Waals surface area contributed by atoms with E-state index < -0.39 is 5.95 Å². The Balaban J connectivity index is 0.000000423. The monoisotopic (exact) mass is 348 g/mol. The minimum absolute atomic E-state index is 0.228. The van der Waals surface area contributed by atoms with Crippen LogP contribution in [0.2, 0.25) is 0 Å². The molecule has 0 radical (unpaired) electrons. The van der Waals surface area contributed by atoms with Crippen LogP contribution < -0.4 is 0 Å². The van der Waals surface area contributed by atoms with Crippen molar-refractivity contribution in [2.24, 2.45) is 5.92 Å². The van der Waals surface area contributed by atoms with Crippen LogP contribution in [0.15, 0.2) is 30.3 Å². The number of pyridine rings is 1. The average Bonchev–Trinajstić information content (AvgIpc) is 2.94. The van der Waals surface area contributed by atoms with Gasteiger partial charge in [-0.2, -0.15) is 4.39 Å². The highest BCUT2D eigenvalue weighted by Crippen LogP contribution is 2.31. The van der Waals surface area contributed by atoms with Crippen LogP contribution >= 0.6 is 11.3 Å². The van der Waals surface area contributed by atoms with Crippen LogP contribution in [-0.4, -0.2) is 15.1 Å². The normalized spacial score (nSPS) is 10.0. The van der Waals surface area contributed by atoms with Gasteiger partial charge >= 0.3 is 0 Å². The van der Waals surface area contributed by atoms with Crippen LogP contribution in [0.25, 0.3) is 20.9 Å². The SMILES string of the molecule is CC.CC(C)C.Cc1ccc(-c2nc3ccc(F)nc3s2)cc1O. The Kier molecular flexibility index (Phi) is 7.79. The zero-order chi connectivity index (χ0) is 18.3. The Morgan fingerprint density at radius 1 is 1.04 bits per heavy atom. The number of halogens is 1. The van der Waals surface area contributed by atoms with Crippen molar-refractivity contribution in [2.75, 3.05) is 0 Å². The minimum Gasteiger partial charge on any atom is -0.508 e. The number of aryl methyl sites for hydroxylation is 1. The third-order valence-electron chi connectivity index (χ3n) is 2.68. The third kappa shape index (κ3) is 5.57. The molecule has 3 aromatic rings. The molecule has 0 aliphatic heterocycles. The highest BCUT2D eigenvalue weighted by molar-refractivity contribution is 7.21. The van der Waals surface area contributed by atoms with Crippen molar-refractivity contribution >= 4 is 21.7 Å². The summed E-state index contributed by atoms with van der Waals surface area (Å²) in [5.41, 5.74) is 2.28. The lowest BCUT2D eigenvalue weighted by molar-refractivity contribution is 0.471. The van der Waals surface area contributed by atoms with Gasteiger partial charge in [-0.05, 0) is 36.6 Å². The minimum atomic E-state index is -0.510. The Labute approximate surface area is 147 Å². The lowest BCUT2D eigenvalue weighted by Gasteiger charge is -2.00. The van der Waals surface area contributed by atoms with Crippen molar-refractivity contribution in [3.63, 3.8) is 0 Å². The Morgan fingerprint density at radius 2 is 1.67 bits per heavy atom. The maximum atomic E-state index is 13.0. The Bertz CT molecular complexity index is 781. The molecule has 5 heteroatoms. The van der Waals surface area contributed by atoms with Crippen molar-refractivity contribution in [2.45, 2.75) is 41.5 Å². The highest BCUT2D eigenvalue weighted by atomic mass is 32.1. The molecule has 0 aliphatic carbocycles. The molecule has 0 saturated carbocycles. The van der Waals surface area contributed by atoms with Crippen LogP contribution in [0.3, 0.4) is 0 Å². The molecular formula is C19H25FN2OS. The van der Waals surface area contributed by atoms with Crippen molar-refractivity contribution in [3.05, 3.63) is 41.8 Å². The van der Waals surface area contributed by atoms with E-state index in [1.165, 1.54) is 17.4 Å². The van der Waals surface area contributed by atoms with Gasteiger partial charge in [0.2, 0.25) is 5.95 Å². The van der Waals surface area contributed by atoms with Crippen molar-refractivity contribution < 1.29 is 9.50 Å². The number of rotatable bonds is 1. The molecule has 1 aromatic carbocycles. The molecule has 0 atom stereocenters. The molecule has 24 heavy (non-hydrogen) atoms. The van der Waals surface area contributed by atoms with Gasteiger partial charge in [-0.15, -0.1) is 0 Å². The second-order valence-electron chi connectivity index (χ2n) is 5.71. The van der Waals surface area contributed by atoms with Gasteiger partial charge in [0.25, 0.3) is 0 Å². The van der Waals surface area contributed by atoms with E-state index in [-0.39, 0.29) is 5.75 Å². The number of aromatic nitrogens is 2. The molecule has 3 nitrogen and oxygen atoms in total. The van der Waals surface area contributed by atoms with Crippen LogP contribution in [-0.2, 0) is 0 Å². The number of fused-ring (bicyclic) bond motifs is 1. The van der Waals surface area contributed by atoms with Crippen LogP contribution in [0.1, 0.15) is 40.2 Å². The fraction of sp³-hybridized carbons (Fsp3) is 0.368. The quantitative estimate of drug-likeness (QED) is 0.533. The third-order valence-corrected chi connectivity index (χ3v) is 3.69. The molecule has 2 aromatic heterocycles. The zero-order valence-electron chi connectivity index (χ0n) is 15.1. The van der Waals surface area contributed by atoms with E-state index in [2.05, 4.69) is 30.7 Å². The lowest BCUT2D eigenvalue weighted by atomic mass is 10.1. The first-order valence-corrected chi connectivity index (χ1v) is 8.91. The number of phenolic OH excluding ortho intramolecular Hbond substituents is 1. The summed E-state index contributed by atoms with van der Waals surface area (Å²) in [7, 11) is 0. The predicted octanol–water partition coefficient (Wildman–Crippen LogP) is 6.20. The summed E-state index contributed by atoms with van der Waals surface area (Å²) < 4.78 is 13.0. The summed E-state index contributed by atoms with van der Waals surface area (Å²) in [5, 5.41) is 10.4. The highest BCUT2D eigenvalue weighted by Gasteiger charge is 2.09. The van der Waals surface area contributed by atoms with Crippen LogP contribution in [0, 0.1) is 18.8 Å². The van der Waals surface area contributed by atoms with Gasteiger partial charge in [-0.1, -0.05) is 58.1 Å². The Morgan fingerprint density at radius 3 is 2.25 bits per heavy atom. The van der Waals surface area contributed by atoms with Gasteiger partial charge in [-0.3, -0.25) is 0 Å². The number of nitrogens with zero attached hydrogens (tertiary/aromatic N) is 2. The number of hydrogen-bond acceptors (Lipinski definition) is 4. The average molecular weight is 348 g/mol. The first-order valence-electron chi connectivity index (χ1n) is 8.10. The molecule has 2 heterocycles. The van der Waals surface area contributed by atoms with Gasteiger partial charge in [0.05, 0.1) is 0 Å². The molecule has 0 spiro atoms.